The van der Waals surface area contributed by atoms with Crippen molar-refractivity contribution in [3.8, 4) is 17.1 Å². The minimum atomic E-state index is 0.142. The van der Waals surface area contributed by atoms with E-state index in [1.807, 2.05) is 30.3 Å². The number of nitrogens with one attached hydrogen (secondary N) is 1. The van der Waals surface area contributed by atoms with Crippen molar-refractivity contribution in [2.45, 2.75) is 0 Å². The molecular formula is C16H10N6O. The molecule has 7 heteroatoms. The van der Waals surface area contributed by atoms with E-state index in [0.717, 1.165) is 22.1 Å². The van der Waals surface area contributed by atoms with E-state index in [4.69, 9.17) is 0 Å². The van der Waals surface area contributed by atoms with Crippen molar-refractivity contribution in [2.75, 3.05) is 0 Å². The molecule has 3 aromatic heterocycles. The van der Waals surface area contributed by atoms with Crippen LogP contribution in [0.2, 0.25) is 0 Å². The second kappa shape index (κ2) is 4.26. The Morgan fingerprint density at radius 2 is 1.65 bits per heavy atom. The van der Waals surface area contributed by atoms with Gasteiger partial charge in [0.25, 0.3) is 5.78 Å². The number of nitrogens with zero attached hydrogens (tertiary/aromatic N) is 5. The molecule has 0 aliphatic heterocycles. The maximum absolute atomic E-state index is 10.1. The van der Waals surface area contributed by atoms with E-state index in [2.05, 4.69) is 25.4 Å². The number of H-pyrrole nitrogens is 1. The van der Waals surface area contributed by atoms with Crippen LogP contribution in [-0.4, -0.2) is 34.9 Å². The molecule has 7 nitrogen and oxygen atoms in total. The number of rotatable bonds is 1. The largest absolute Gasteiger partial charge is 0.507 e. The van der Waals surface area contributed by atoms with Crippen molar-refractivity contribution in [1.82, 2.24) is 29.8 Å². The number of hydrogen-bond donors (Lipinski definition) is 2. The van der Waals surface area contributed by atoms with Gasteiger partial charge in [-0.15, -0.1) is 20.4 Å². The van der Waals surface area contributed by atoms with Crippen molar-refractivity contribution in [2.24, 2.45) is 0 Å². The summed E-state index contributed by atoms with van der Waals surface area (Å²) in [6.45, 7) is 0. The summed E-state index contributed by atoms with van der Waals surface area (Å²) in [5.41, 5.74) is 3.04. The fraction of sp³-hybridized carbons (Fsp3) is 0. The molecule has 0 aliphatic rings. The first-order valence-corrected chi connectivity index (χ1v) is 7.09. The van der Waals surface area contributed by atoms with Crippen LogP contribution < -0.4 is 0 Å². The Balaban J connectivity index is 1.97. The second-order valence-electron chi connectivity index (χ2n) is 5.24. The highest BCUT2D eigenvalue weighted by Gasteiger charge is 2.17. The van der Waals surface area contributed by atoms with Gasteiger partial charge in [0.05, 0.1) is 5.56 Å². The van der Waals surface area contributed by atoms with Crippen LogP contribution in [0.5, 0.6) is 5.75 Å². The van der Waals surface area contributed by atoms with E-state index in [9.17, 15) is 5.11 Å². The maximum Gasteiger partial charge on any atom is 0.276 e. The Kier molecular flexibility index (Phi) is 2.24. The normalized spacial score (nSPS) is 11.7. The number of aromatic hydroxyl groups is 1. The number of phenolic OH excluding ortho intramolecular Hbond substituents is 1. The zero-order valence-corrected chi connectivity index (χ0v) is 11.8. The van der Waals surface area contributed by atoms with Gasteiger partial charge in [0.15, 0.2) is 5.82 Å². The first-order chi connectivity index (χ1) is 11.3. The van der Waals surface area contributed by atoms with Crippen molar-refractivity contribution < 1.29 is 5.11 Å². The highest BCUT2D eigenvalue weighted by atomic mass is 16.3. The van der Waals surface area contributed by atoms with Gasteiger partial charge in [0, 0.05) is 10.9 Å². The third-order valence-electron chi connectivity index (χ3n) is 3.91. The lowest BCUT2D eigenvalue weighted by Crippen LogP contribution is -1.96. The summed E-state index contributed by atoms with van der Waals surface area (Å²) in [5, 5.41) is 27.8. The lowest BCUT2D eigenvalue weighted by molar-refractivity contribution is 0.477. The van der Waals surface area contributed by atoms with Gasteiger partial charge in [0.2, 0.25) is 0 Å². The summed E-state index contributed by atoms with van der Waals surface area (Å²) in [4.78, 5) is 3.34. The molecule has 0 fully saturated rings. The van der Waals surface area contributed by atoms with Crippen molar-refractivity contribution in [3.63, 3.8) is 0 Å². The van der Waals surface area contributed by atoms with Crippen LogP contribution in [0.1, 0.15) is 0 Å². The quantitative estimate of drug-likeness (QED) is 0.496. The van der Waals surface area contributed by atoms with Crippen LogP contribution in [0.3, 0.4) is 0 Å². The van der Waals surface area contributed by atoms with Crippen molar-refractivity contribution >= 4 is 27.8 Å². The number of hydrogen-bond acceptors (Lipinski definition) is 5. The Labute approximate surface area is 129 Å². The van der Waals surface area contributed by atoms with E-state index in [1.165, 1.54) is 0 Å². The molecule has 0 aliphatic carbocycles. The molecule has 3 heterocycles. The summed E-state index contributed by atoms with van der Waals surface area (Å²) in [6.07, 6.45) is 0. The van der Waals surface area contributed by atoms with E-state index < -0.39 is 0 Å². The monoisotopic (exact) mass is 302 g/mol. The third-order valence-corrected chi connectivity index (χ3v) is 3.91. The molecule has 23 heavy (non-hydrogen) atoms. The third kappa shape index (κ3) is 1.58. The SMILES string of the molecule is Oc1ccccc1-c1nnc2nnc3c4ccccc4[nH]c3n12. The molecular weight excluding hydrogens is 292 g/mol. The molecule has 0 saturated carbocycles. The fourth-order valence-electron chi connectivity index (χ4n) is 2.85. The molecule has 0 atom stereocenters. The second-order valence-corrected chi connectivity index (χ2v) is 5.24. The predicted molar refractivity (Wildman–Crippen MR) is 85.0 cm³/mol. The van der Waals surface area contributed by atoms with Crippen molar-refractivity contribution in [1.29, 1.82) is 0 Å². The Bertz CT molecular complexity index is 1190. The minimum Gasteiger partial charge on any atom is -0.507 e. The number of para-hydroxylation sites is 2. The van der Waals surface area contributed by atoms with Gasteiger partial charge in [-0.25, -0.2) is 4.40 Å². The highest BCUT2D eigenvalue weighted by Crippen LogP contribution is 2.30. The van der Waals surface area contributed by atoms with Gasteiger partial charge < -0.3 is 10.1 Å². The molecule has 5 rings (SSSR count). The number of benzene rings is 2. The Morgan fingerprint density at radius 3 is 2.57 bits per heavy atom. The van der Waals surface area contributed by atoms with Crippen LogP contribution in [0, 0.1) is 0 Å². The van der Waals surface area contributed by atoms with Crippen LogP contribution in [0.15, 0.2) is 48.5 Å². The van der Waals surface area contributed by atoms with Gasteiger partial charge in [0.1, 0.15) is 16.9 Å². The Morgan fingerprint density at radius 1 is 0.870 bits per heavy atom. The average molecular weight is 302 g/mol. The molecule has 0 saturated heterocycles. The zero-order chi connectivity index (χ0) is 15.4. The van der Waals surface area contributed by atoms with Crippen LogP contribution >= 0.6 is 0 Å². The summed E-state index contributed by atoms with van der Waals surface area (Å²) in [7, 11) is 0. The molecule has 2 aromatic carbocycles. The fourth-order valence-corrected chi connectivity index (χ4v) is 2.85. The number of aromatic amines is 1. The molecule has 0 unspecified atom stereocenters. The van der Waals surface area contributed by atoms with E-state index >= 15 is 0 Å². The molecule has 0 radical (unpaired) electrons. The maximum atomic E-state index is 10.1. The number of fused-ring (bicyclic) bond motifs is 5. The molecule has 0 spiro atoms. The van der Waals surface area contributed by atoms with Gasteiger partial charge in [-0.3, -0.25) is 0 Å². The zero-order valence-electron chi connectivity index (χ0n) is 11.8. The van der Waals surface area contributed by atoms with Crippen LogP contribution in [0.25, 0.3) is 39.2 Å². The number of aromatic nitrogens is 6. The Hall–Kier alpha value is -3.48. The van der Waals surface area contributed by atoms with Crippen LogP contribution in [0.4, 0.5) is 0 Å². The number of phenols is 1. The molecule has 0 amide bonds. The molecule has 110 valence electrons. The minimum absolute atomic E-state index is 0.142. The highest BCUT2D eigenvalue weighted by molar-refractivity contribution is 6.04. The summed E-state index contributed by atoms with van der Waals surface area (Å²) < 4.78 is 1.78. The van der Waals surface area contributed by atoms with Gasteiger partial charge >= 0.3 is 0 Å². The lowest BCUT2D eigenvalue weighted by atomic mass is 10.2. The van der Waals surface area contributed by atoms with Gasteiger partial charge in [-0.05, 0) is 18.2 Å². The molecule has 5 aromatic rings. The van der Waals surface area contributed by atoms with Crippen LogP contribution in [-0.2, 0) is 0 Å². The first-order valence-electron chi connectivity index (χ1n) is 7.09. The van der Waals surface area contributed by atoms with Gasteiger partial charge in [-0.1, -0.05) is 30.3 Å². The van der Waals surface area contributed by atoms with E-state index in [0.29, 0.717) is 17.2 Å². The van der Waals surface area contributed by atoms with Gasteiger partial charge in [-0.2, -0.15) is 0 Å². The topological polar surface area (TPSA) is 92.0 Å². The van der Waals surface area contributed by atoms with Crippen molar-refractivity contribution in [3.05, 3.63) is 48.5 Å². The molecule has 2 N–H and O–H groups in total. The summed E-state index contributed by atoms with van der Waals surface area (Å²) >= 11 is 0. The summed E-state index contributed by atoms with van der Waals surface area (Å²) in [6, 6.07) is 14.9. The first kappa shape index (κ1) is 12.1. The van der Waals surface area contributed by atoms with E-state index in [1.54, 1.807) is 22.6 Å². The molecule has 0 bridgehead atoms. The predicted octanol–water partition coefficient (Wildman–Crippen LogP) is 2.53. The summed E-state index contributed by atoms with van der Waals surface area (Å²) in [5.74, 6) is 1.04. The smallest absolute Gasteiger partial charge is 0.276 e. The standard InChI is InChI=1S/C16H10N6O/c23-12-8-4-2-6-10(12)14-19-21-16-20-18-13-9-5-1-3-7-11(9)17-15(13)22(14)16/h1-8,17,23H. The average Bonchev–Trinajstić information content (AvgIpc) is 3.16. The lowest BCUT2D eigenvalue weighted by Gasteiger charge is -2.02. The van der Waals surface area contributed by atoms with E-state index in [-0.39, 0.29) is 5.75 Å².